The standard InChI is InChI=1S/C21H22N4O4/c1-29-17-9-7-16(8-10-17)24-11-13-25(14-12-24)21(15-5-3-2-4-6-15)18(26)22-20(28)23-19(21)27/h2-10H,11-14H2,1H3,(H2,22,23,26,27,28). The molecule has 0 spiro atoms. The molecule has 150 valence electrons. The number of piperazine rings is 1. The molecule has 0 bridgehead atoms. The number of anilines is 1. The second kappa shape index (κ2) is 7.56. The second-order valence-corrected chi connectivity index (χ2v) is 6.99. The summed E-state index contributed by atoms with van der Waals surface area (Å²) in [6, 6.07) is 15.9. The molecule has 0 saturated carbocycles. The van der Waals surface area contributed by atoms with Gasteiger partial charge in [-0.3, -0.25) is 25.1 Å². The number of hydrogen-bond donors (Lipinski definition) is 2. The summed E-state index contributed by atoms with van der Waals surface area (Å²) in [5.74, 6) is -0.443. The Kier molecular flexibility index (Phi) is 4.94. The molecule has 2 saturated heterocycles. The lowest BCUT2D eigenvalue weighted by Gasteiger charge is -2.47. The Hall–Kier alpha value is -3.39. The number of ether oxygens (including phenoxy) is 1. The highest BCUT2D eigenvalue weighted by Gasteiger charge is 2.56. The Balaban J connectivity index is 1.61. The van der Waals surface area contributed by atoms with Gasteiger partial charge in [-0.05, 0) is 29.8 Å². The van der Waals surface area contributed by atoms with Crippen molar-refractivity contribution in [3.63, 3.8) is 0 Å². The van der Waals surface area contributed by atoms with E-state index in [0.29, 0.717) is 31.7 Å². The number of imide groups is 2. The minimum absolute atomic E-state index is 0.482. The lowest BCUT2D eigenvalue weighted by molar-refractivity contribution is -0.149. The smallest absolute Gasteiger partial charge is 0.328 e. The first-order valence-corrected chi connectivity index (χ1v) is 9.42. The summed E-state index contributed by atoms with van der Waals surface area (Å²) in [5.41, 5.74) is 0.0218. The molecule has 0 aromatic heterocycles. The van der Waals surface area contributed by atoms with Crippen molar-refractivity contribution in [1.29, 1.82) is 0 Å². The van der Waals surface area contributed by atoms with Crippen LogP contribution in [0.4, 0.5) is 10.5 Å². The largest absolute Gasteiger partial charge is 0.497 e. The summed E-state index contributed by atoms with van der Waals surface area (Å²) in [4.78, 5) is 41.7. The molecule has 2 fully saturated rings. The normalized spacial score (nSPS) is 19.5. The van der Waals surface area contributed by atoms with E-state index >= 15 is 0 Å². The van der Waals surface area contributed by atoms with Crippen LogP contribution >= 0.6 is 0 Å². The molecule has 29 heavy (non-hydrogen) atoms. The Morgan fingerprint density at radius 3 is 1.97 bits per heavy atom. The average Bonchev–Trinajstić information content (AvgIpc) is 2.75. The third-order valence-corrected chi connectivity index (χ3v) is 5.49. The van der Waals surface area contributed by atoms with Crippen LogP contribution in [0.2, 0.25) is 0 Å². The number of urea groups is 1. The van der Waals surface area contributed by atoms with Gasteiger partial charge in [-0.15, -0.1) is 0 Å². The van der Waals surface area contributed by atoms with Gasteiger partial charge in [-0.2, -0.15) is 0 Å². The molecule has 4 amide bonds. The van der Waals surface area contributed by atoms with Crippen molar-refractivity contribution >= 4 is 23.5 Å². The fourth-order valence-corrected chi connectivity index (χ4v) is 4.03. The van der Waals surface area contributed by atoms with Crippen LogP contribution in [0.25, 0.3) is 0 Å². The first-order valence-electron chi connectivity index (χ1n) is 9.42. The van der Waals surface area contributed by atoms with Crippen LogP contribution in [0.5, 0.6) is 5.75 Å². The molecule has 0 atom stereocenters. The zero-order valence-electron chi connectivity index (χ0n) is 16.1. The Morgan fingerprint density at radius 1 is 0.828 bits per heavy atom. The van der Waals surface area contributed by atoms with Crippen LogP contribution in [0, 0.1) is 0 Å². The van der Waals surface area contributed by atoms with Gasteiger partial charge in [0.1, 0.15) is 5.75 Å². The summed E-state index contributed by atoms with van der Waals surface area (Å²) in [7, 11) is 1.63. The minimum atomic E-state index is -1.57. The van der Waals surface area contributed by atoms with E-state index < -0.39 is 23.4 Å². The maximum Gasteiger partial charge on any atom is 0.328 e. The lowest BCUT2D eigenvalue weighted by atomic mass is 9.84. The average molecular weight is 394 g/mol. The molecule has 0 unspecified atom stereocenters. The highest BCUT2D eigenvalue weighted by atomic mass is 16.5. The number of methoxy groups -OCH3 is 1. The van der Waals surface area contributed by atoms with E-state index in [4.69, 9.17) is 4.74 Å². The van der Waals surface area contributed by atoms with Gasteiger partial charge < -0.3 is 9.64 Å². The van der Waals surface area contributed by atoms with Gasteiger partial charge in [-0.25, -0.2) is 4.79 Å². The number of hydrogen-bond acceptors (Lipinski definition) is 6. The maximum atomic E-state index is 13.0. The van der Waals surface area contributed by atoms with E-state index in [9.17, 15) is 14.4 Å². The molecule has 8 nitrogen and oxygen atoms in total. The number of carbonyl (C=O) groups is 3. The highest BCUT2D eigenvalue weighted by Crippen LogP contribution is 2.33. The third-order valence-electron chi connectivity index (χ3n) is 5.49. The monoisotopic (exact) mass is 394 g/mol. The van der Waals surface area contributed by atoms with Crippen LogP contribution in [-0.4, -0.2) is 56.0 Å². The number of barbiturate groups is 1. The molecule has 4 rings (SSSR count). The molecular formula is C21H22N4O4. The summed E-state index contributed by atoms with van der Waals surface area (Å²) in [5, 5.41) is 4.55. The Labute approximate surface area is 168 Å². The summed E-state index contributed by atoms with van der Waals surface area (Å²) in [6.07, 6.45) is 0. The fraction of sp³-hybridized carbons (Fsp3) is 0.286. The van der Waals surface area contributed by atoms with Gasteiger partial charge >= 0.3 is 6.03 Å². The number of rotatable bonds is 4. The minimum Gasteiger partial charge on any atom is -0.497 e. The van der Waals surface area contributed by atoms with Crippen LogP contribution in [0.3, 0.4) is 0 Å². The van der Waals surface area contributed by atoms with Gasteiger partial charge in [0.25, 0.3) is 11.8 Å². The molecule has 0 radical (unpaired) electrons. The predicted octanol–water partition coefficient (Wildman–Crippen LogP) is 1.08. The van der Waals surface area contributed by atoms with E-state index in [-0.39, 0.29) is 0 Å². The summed E-state index contributed by atoms with van der Waals surface area (Å²) >= 11 is 0. The number of nitrogens with zero attached hydrogens (tertiary/aromatic N) is 2. The van der Waals surface area contributed by atoms with Gasteiger partial charge in [0.05, 0.1) is 7.11 Å². The Morgan fingerprint density at radius 2 is 1.41 bits per heavy atom. The van der Waals surface area contributed by atoms with Crippen LogP contribution in [-0.2, 0) is 15.1 Å². The molecule has 2 aromatic rings. The summed E-state index contributed by atoms with van der Waals surface area (Å²) in [6.45, 7) is 2.23. The van der Waals surface area contributed by atoms with Crippen molar-refractivity contribution in [3.05, 3.63) is 60.2 Å². The molecule has 2 aliphatic heterocycles. The van der Waals surface area contributed by atoms with E-state index in [2.05, 4.69) is 15.5 Å². The van der Waals surface area contributed by atoms with Crippen molar-refractivity contribution in [2.75, 3.05) is 38.2 Å². The van der Waals surface area contributed by atoms with Gasteiger partial charge in [0.2, 0.25) is 5.54 Å². The topological polar surface area (TPSA) is 91.0 Å². The third kappa shape index (κ3) is 3.21. The van der Waals surface area contributed by atoms with Crippen molar-refractivity contribution in [2.45, 2.75) is 5.54 Å². The zero-order chi connectivity index (χ0) is 20.4. The maximum absolute atomic E-state index is 13.0. The second-order valence-electron chi connectivity index (χ2n) is 6.99. The zero-order valence-corrected chi connectivity index (χ0v) is 16.1. The molecule has 2 heterocycles. The van der Waals surface area contributed by atoms with Crippen molar-refractivity contribution in [2.24, 2.45) is 0 Å². The van der Waals surface area contributed by atoms with Gasteiger partial charge in [0, 0.05) is 31.9 Å². The number of benzene rings is 2. The number of amides is 4. The Bertz CT molecular complexity index is 901. The van der Waals surface area contributed by atoms with Crippen molar-refractivity contribution in [3.8, 4) is 5.75 Å². The highest BCUT2D eigenvalue weighted by molar-refractivity contribution is 6.22. The molecule has 2 aliphatic rings. The predicted molar refractivity (Wildman–Crippen MR) is 107 cm³/mol. The SMILES string of the molecule is COc1ccc(N2CCN(C3(c4ccccc4)C(=O)NC(=O)NC3=O)CC2)cc1. The molecule has 0 aliphatic carbocycles. The van der Waals surface area contributed by atoms with E-state index in [1.807, 2.05) is 35.2 Å². The molecule has 2 aromatic carbocycles. The van der Waals surface area contributed by atoms with Crippen molar-refractivity contribution in [1.82, 2.24) is 15.5 Å². The molecule has 8 heteroatoms. The van der Waals surface area contributed by atoms with E-state index in [0.717, 1.165) is 11.4 Å². The van der Waals surface area contributed by atoms with Gasteiger partial charge in [0.15, 0.2) is 0 Å². The fourth-order valence-electron chi connectivity index (χ4n) is 4.03. The lowest BCUT2D eigenvalue weighted by Crippen LogP contribution is -2.72. The van der Waals surface area contributed by atoms with Crippen LogP contribution < -0.4 is 20.3 Å². The molecular weight excluding hydrogens is 372 g/mol. The quantitative estimate of drug-likeness (QED) is 0.754. The summed E-state index contributed by atoms with van der Waals surface area (Å²) < 4.78 is 5.20. The number of nitrogens with one attached hydrogen (secondary N) is 2. The first-order chi connectivity index (χ1) is 14.1. The van der Waals surface area contributed by atoms with Crippen molar-refractivity contribution < 1.29 is 19.1 Å². The first kappa shape index (κ1) is 18.9. The van der Waals surface area contributed by atoms with Crippen LogP contribution in [0.15, 0.2) is 54.6 Å². The van der Waals surface area contributed by atoms with Gasteiger partial charge in [-0.1, -0.05) is 30.3 Å². The molecule has 2 N–H and O–H groups in total. The number of carbonyl (C=O) groups excluding carboxylic acids is 3. The van der Waals surface area contributed by atoms with E-state index in [1.165, 1.54) is 0 Å². The van der Waals surface area contributed by atoms with Crippen LogP contribution in [0.1, 0.15) is 5.56 Å². The van der Waals surface area contributed by atoms with E-state index in [1.54, 1.807) is 31.4 Å².